The van der Waals surface area contributed by atoms with E-state index >= 15 is 0 Å². The van der Waals surface area contributed by atoms with Crippen molar-refractivity contribution in [1.29, 1.82) is 0 Å². The number of hydrogen-bond acceptors (Lipinski definition) is 4. The number of benzene rings is 1. The molecule has 160 valence electrons. The molecule has 0 spiro atoms. The normalized spacial score (nSPS) is 16.0. The van der Waals surface area contributed by atoms with Gasteiger partial charge in [0.25, 0.3) is 0 Å². The van der Waals surface area contributed by atoms with E-state index in [9.17, 15) is 13.2 Å². The molecule has 1 saturated heterocycles. The van der Waals surface area contributed by atoms with Gasteiger partial charge in [-0.25, -0.2) is 0 Å². The maximum absolute atomic E-state index is 14.1. The van der Waals surface area contributed by atoms with Crippen LogP contribution in [0.25, 0.3) is 5.65 Å². The SMILES string of the molecule is CC(C)OCc1nnc2c(C(F)(F)F)c(N3CCC(c4ccccc4)CC3)ccn12. The average molecular weight is 418 g/mol. The number of hydrogen-bond donors (Lipinski definition) is 0. The third kappa shape index (κ3) is 4.14. The molecule has 1 fully saturated rings. The standard InChI is InChI=1S/C22H25F3N4O/c1-15(2)30-14-19-26-27-21-20(22(23,24)25)18(10-13-29(19)21)28-11-8-17(9-12-28)16-6-4-3-5-7-16/h3-7,10,13,15,17H,8-9,11-12,14H2,1-2H3. The number of fused-ring (bicyclic) bond motifs is 1. The summed E-state index contributed by atoms with van der Waals surface area (Å²) in [4.78, 5) is 1.82. The van der Waals surface area contributed by atoms with Crippen molar-refractivity contribution in [3.8, 4) is 0 Å². The molecular weight excluding hydrogens is 393 g/mol. The minimum Gasteiger partial charge on any atom is -0.371 e. The summed E-state index contributed by atoms with van der Waals surface area (Å²) in [7, 11) is 0. The lowest BCUT2D eigenvalue weighted by Gasteiger charge is -2.35. The zero-order chi connectivity index (χ0) is 21.3. The molecule has 4 rings (SSSR count). The summed E-state index contributed by atoms with van der Waals surface area (Å²) in [5, 5.41) is 7.82. The average Bonchev–Trinajstić information content (AvgIpc) is 3.14. The van der Waals surface area contributed by atoms with Crippen molar-refractivity contribution in [2.45, 2.75) is 51.5 Å². The molecule has 2 aromatic heterocycles. The Kier molecular flexibility index (Phi) is 5.69. The zero-order valence-electron chi connectivity index (χ0n) is 17.1. The van der Waals surface area contributed by atoms with Crippen LogP contribution >= 0.6 is 0 Å². The summed E-state index contributed by atoms with van der Waals surface area (Å²) < 4.78 is 49.1. The van der Waals surface area contributed by atoms with E-state index in [4.69, 9.17) is 4.74 Å². The first-order valence-electron chi connectivity index (χ1n) is 10.2. The fraction of sp³-hybridized carbons (Fsp3) is 0.455. The van der Waals surface area contributed by atoms with Crippen LogP contribution < -0.4 is 4.90 Å². The summed E-state index contributed by atoms with van der Waals surface area (Å²) in [6.07, 6.45) is -1.34. The Hall–Kier alpha value is -2.61. The lowest BCUT2D eigenvalue weighted by atomic mass is 9.89. The number of piperidine rings is 1. The minimum absolute atomic E-state index is 0.0513. The maximum atomic E-state index is 14.1. The number of alkyl halides is 3. The summed E-state index contributed by atoms with van der Waals surface area (Å²) in [6, 6.07) is 11.7. The van der Waals surface area contributed by atoms with E-state index in [-0.39, 0.29) is 24.0 Å². The van der Waals surface area contributed by atoms with Gasteiger partial charge in [0.2, 0.25) is 0 Å². The van der Waals surface area contributed by atoms with Crippen molar-refractivity contribution in [3.63, 3.8) is 0 Å². The second-order valence-electron chi connectivity index (χ2n) is 7.92. The van der Waals surface area contributed by atoms with Crippen molar-refractivity contribution in [2.24, 2.45) is 0 Å². The molecule has 1 aliphatic heterocycles. The van der Waals surface area contributed by atoms with E-state index < -0.39 is 11.7 Å². The topological polar surface area (TPSA) is 42.7 Å². The molecule has 0 amide bonds. The van der Waals surface area contributed by atoms with Crippen molar-refractivity contribution in [3.05, 3.63) is 59.5 Å². The number of aromatic nitrogens is 3. The first-order chi connectivity index (χ1) is 14.3. The van der Waals surface area contributed by atoms with Crippen LogP contribution in [0, 0.1) is 0 Å². The van der Waals surface area contributed by atoms with Crippen LogP contribution in [0.1, 0.15) is 49.6 Å². The van der Waals surface area contributed by atoms with Crippen molar-refractivity contribution < 1.29 is 17.9 Å². The lowest BCUT2D eigenvalue weighted by molar-refractivity contribution is -0.136. The minimum atomic E-state index is -4.53. The van der Waals surface area contributed by atoms with Crippen molar-refractivity contribution in [1.82, 2.24) is 14.6 Å². The van der Waals surface area contributed by atoms with Gasteiger partial charge in [0, 0.05) is 19.3 Å². The highest BCUT2D eigenvalue weighted by molar-refractivity contribution is 5.67. The van der Waals surface area contributed by atoms with E-state index in [2.05, 4.69) is 22.3 Å². The Morgan fingerprint density at radius 1 is 1.07 bits per heavy atom. The molecule has 1 aliphatic rings. The van der Waals surface area contributed by atoms with Crippen LogP contribution in [-0.4, -0.2) is 33.8 Å². The number of rotatable bonds is 5. The number of anilines is 1. The second kappa shape index (κ2) is 8.26. The summed E-state index contributed by atoms with van der Waals surface area (Å²) in [5.41, 5.74) is 0.514. The second-order valence-corrected chi connectivity index (χ2v) is 7.92. The predicted octanol–water partition coefficient (Wildman–Crippen LogP) is 5.06. The summed E-state index contributed by atoms with van der Waals surface area (Å²) >= 11 is 0. The molecule has 0 atom stereocenters. The molecule has 30 heavy (non-hydrogen) atoms. The van der Waals surface area contributed by atoms with Crippen LogP contribution in [0.4, 0.5) is 18.9 Å². The van der Waals surface area contributed by atoms with Gasteiger partial charge in [-0.3, -0.25) is 4.40 Å². The molecular formula is C22H25F3N4O. The van der Waals surface area contributed by atoms with E-state index in [1.165, 1.54) is 16.0 Å². The highest BCUT2D eigenvalue weighted by atomic mass is 19.4. The van der Waals surface area contributed by atoms with Crippen molar-refractivity contribution in [2.75, 3.05) is 18.0 Å². The monoisotopic (exact) mass is 418 g/mol. The summed E-state index contributed by atoms with van der Waals surface area (Å²) in [6.45, 7) is 4.97. The van der Waals surface area contributed by atoms with Gasteiger partial charge >= 0.3 is 6.18 Å². The number of ether oxygens (including phenoxy) is 1. The van der Waals surface area contributed by atoms with Gasteiger partial charge in [0.05, 0.1) is 11.8 Å². The number of halogens is 3. The van der Waals surface area contributed by atoms with Gasteiger partial charge in [-0.05, 0) is 44.2 Å². The molecule has 0 radical (unpaired) electrons. The fourth-order valence-electron chi connectivity index (χ4n) is 4.05. The molecule has 3 aromatic rings. The molecule has 0 unspecified atom stereocenters. The number of nitrogens with zero attached hydrogens (tertiary/aromatic N) is 4. The molecule has 0 saturated carbocycles. The van der Waals surface area contributed by atoms with Crippen LogP contribution in [0.15, 0.2) is 42.6 Å². The summed E-state index contributed by atoms with van der Waals surface area (Å²) in [5.74, 6) is 0.729. The van der Waals surface area contributed by atoms with E-state index in [0.29, 0.717) is 24.8 Å². The van der Waals surface area contributed by atoms with Gasteiger partial charge in [-0.2, -0.15) is 13.2 Å². The van der Waals surface area contributed by atoms with Crippen LogP contribution in [0.5, 0.6) is 0 Å². The molecule has 1 aromatic carbocycles. The quantitative estimate of drug-likeness (QED) is 0.581. The van der Waals surface area contributed by atoms with E-state index in [1.807, 2.05) is 36.9 Å². The predicted molar refractivity (Wildman–Crippen MR) is 109 cm³/mol. The first kappa shape index (κ1) is 20.7. The molecule has 8 heteroatoms. The Labute approximate surface area is 173 Å². The van der Waals surface area contributed by atoms with Gasteiger partial charge in [-0.1, -0.05) is 30.3 Å². The van der Waals surface area contributed by atoms with Gasteiger partial charge in [-0.15, -0.1) is 10.2 Å². The Morgan fingerprint density at radius 3 is 2.40 bits per heavy atom. The van der Waals surface area contributed by atoms with Crippen LogP contribution in [-0.2, 0) is 17.5 Å². The van der Waals surface area contributed by atoms with Crippen LogP contribution in [0.3, 0.4) is 0 Å². The zero-order valence-corrected chi connectivity index (χ0v) is 17.1. The molecule has 5 nitrogen and oxygen atoms in total. The molecule has 3 heterocycles. The highest BCUT2D eigenvalue weighted by Crippen LogP contribution is 2.41. The van der Waals surface area contributed by atoms with Crippen molar-refractivity contribution >= 4 is 11.3 Å². The van der Waals surface area contributed by atoms with E-state index in [1.54, 1.807) is 6.20 Å². The smallest absolute Gasteiger partial charge is 0.371 e. The highest BCUT2D eigenvalue weighted by Gasteiger charge is 2.39. The lowest BCUT2D eigenvalue weighted by Crippen LogP contribution is -2.34. The molecule has 0 aliphatic carbocycles. The molecule has 0 N–H and O–H groups in total. The Morgan fingerprint density at radius 2 is 1.77 bits per heavy atom. The van der Waals surface area contributed by atoms with Gasteiger partial charge < -0.3 is 9.64 Å². The third-order valence-electron chi connectivity index (χ3n) is 5.56. The van der Waals surface area contributed by atoms with Crippen LogP contribution in [0.2, 0.25) is 0 Å². The largest absolute Gasteiger partial charge is 0.422 e. The maximum Gasteiger partial charge on any atom is 0.422 e. The van der Waals surface area contributed by atoms with Gasteiger partial charge in [0.15, 0.2) is 11.5 Å². The first-order valence-corrected chi connectivity index (χ1v) is 10.2. The molecule has 0 bridgehead atoms. The third-order valence-corrected chi connectivity index (χ3v) is 5.56. The fourth-order valence-corrected chi connectivity index (χ4v) is 4.05. The Bertz CT molecular complexity index is 993. The van der Waals surface area contributed by atoms with Gasteiger partial charge in [0.1, 0.15) is 12.2 Å². The Balaban J connectivity index is 1.63. The van der Waals surface area contributed by atoms with E-state index in [0.717, 1.165) is 12.8 Å². The number of pyridine rings is 1.